The standard InChI is InChI=1S/C5H2N2O2S/c6-1-4(2-7)3-9-5(8)10/h3H,(H,8,10). The molecule has 0 radical (unpaired) electrons. The van der Waals surface area contributed by atoms with Crippen LogP contribution in [0.15, 0.2) is 11.8 Å². The normalized spacial score (nSPS) is 6.70. The summed E-state index contributed by atoms with van der Waals surface area (Å²) in [6, 6.07) is 2.99. The van der Waals surface area contributed by atoms with Gasteiger partial charge < -0.3 is 4.74 Å². The number of nitriles is 2. The van der Waals surface area contributed by atoms with E-state index in [0.29, 0.717) is 0 Å². The minimum atomic E-state index is -0.858. The zero-order chi connectivity index (χ0) is 7.98. The van der Waals surface area contributed by atoms with Crippen molar-refractivity contribution in [2.24, 2.45) is 0 Å². The highest BCUT2D eigenvalue weighted by molar-refractivity contribution is 7.96. The van der Waals surface area contributed by atoms with Gasteiger partial charge in [0.2, 0.25) is 0 Å². The summed E-state index contributed by atoms with van der Waals surface area (Å²) in [6.45, 7) is 0. The van der Waals surface area contributed by atoms with Crippen LogP contribution in [0.5, 0.6) is 0 Å². The molecule has 0 saturated carbocycles. The fraction of sp³-hybridized carbons (Fsp3) is 0. The zero-order valence-electron chi connectivity index (χ0n) is 4.74. The molecule has 5 heteroatoms. The molecule has 0 fully saturated rings. The Labute approximate surface area is 62.7 Å². The average Bonchev–Trinajstić information content (AvgIpc) is 1.90. The average molecular weight is 154 g/mol. The second-order valence-corrected chi connectivity index (χ2v) is 1.50. The van der Waals surface area contributed by atoms with Crippen molar-refractivity contribution in [1.29, 1.82) is 10.5 Å². The minimum Gasteiger partial charge on any atom is -0.424 e. The van der Waals surface area contributed by atoms with E-state index in [4.69, 9.17) is 10.5 Å². The molecule has 0 rings (SSSR count). The Morgan fingerprint density at radius 1 is 1.50 bits per heavy atom. The maximum atomic E-state index is 9.96. The zero-order valence-corrected chi connectivity index (χ0v) is 5.63. The number of carbonyl (C=O) groups excluding carboxylic acids is 1. The van der Waals surface area contributed by atoms with Gasteiger partial charge in [-0.1, -0.05) is 12.6 Å². The first kappa shape index (κ1) is 8.54. The van der Waals surface area contributed by atoms with Crippen LogP contribution in [0, 0.1) is 22.7 Å². The molecule has 0 amide bonds. The molecule has 0 aromatic rings. The van der Waals surface area contributed by atoms with Crippen LogP contribution in [-0.2, 0) is 4.74 Å². The van der Waals surface area contributed by atoms with Crippen LogP contribution in [0.4, 0.5) is 4.79 Å². The molecule has 50 valence electrons. The summed E-state index contributed by atoms with van der Waals surface area (Å²) in [7, 11) is 0. The Kier molecular flexibility index (Phi) is 3.78. The van der Waals surface area contributed by atoms with Crippen LogP contribution >= 0.6 is 12.6 Å². The molecule has 0 heterocycles. The van der Waals surface area contributed by atoms with Crippen LogP contribution in [0.3, 0.4) is 0 Å². The van der Waals surface area contributed by atoms with Crippen molar-refractivity contribution in [3.05, 3.63) is 11.8 Å². The SMILES string of the molecule is N#CC(C#N)=COC(=O)S. The molecular formula is C5H2N2O2S. The number of nitrogens with zero attached hydrogens (tertiary/aromatic N) is 2. The Balaban J connectivity index is 4.07. The Morgan fingerprint density at radius 3 is 2.30 bits per heavy atom. The van der Waals surface area contributed by atoms with E-state index >= 15 is 0 Å². The Morgan fingerprint density at radius 2 is 2.00 bits per heavy atom. The number of rotatable bonds is 1. The van der Waals surface area contributed by atoms with E-state index in [9.17, 15) is 4.79 Å². The minimum absolute atomic E-state index is 0.276. The van der Waals surface area contributed by atoms with Crippen molar-refractivity contribution in [3.63, 3.8) is 0 Å². The van der Waals surface area contributed by atoms with Crippen LogP contribution < -0.4 is 0 Å². The Hall–Kier alpha value is -1.46. The van der Waals surface area contributed by atoms with Crippen LogP contribution in [0.2, 0.25) is 0 Å². The lowest BCUT2D eigenvalue weighted by Crippen LogP contribution is -1.84. The maximum Gasteiger partial charge on any atom is 0.369 e. The predicted molar refractivity (Wildman–Crippen MR) is 34.8 cm³/mol. The first-order chi connectivity index (χ1) is 4.70. The lowest BCUT2D eigenvalue weighted by Gasteiger charge is -1.86. The summed E-state index contributed by atoms with van der Waals surface area (Å²) in [4.78, 5) is 9.96. The number of hydrogen-bond donors (Lipinski definition) is 1. The van der Waals surface area contributed by atoms with Gasteiger partial charge in [0.05, 0.1) is 0 Å². The lowest BCUT2D eigenvalue weighted by molar-refractivity contribution is 0.214. The number of allylic oxidation sites excluding steroid dienone is 1. The molecule has 0 N–H and O–H groups in total. The molecular weight excluding hydrogens is 152 g/mol. The molecule has 0 aromatic carbocycles. The van der Waals surface area contributed by atoms with Crippen molar-refractivity contribution >= 4 is 17.9 Å². The van der Waals surface area contributed by atoms with Crippen molar-refractivity contribution in [2.45, 2.75) is 0 Å². The summed E-state index contributed by atoms with van der Waals surface area (Å²) in [5.74, 6) is 0. The summed E-state index contributed by atoms with van der Waals surface area (Å²) in [5.41, 5.74) is -0.276. The van der Waals surface area contributed by atoms with E-state index in [2.05, 4.69) is 17.4 Å². The third-order valence-corrected chi connectivity index (χ3v) is 0.624. The third kappa shape index (κ3) is 3.53. The quantitative estimate of drug-likeness (QED) is 0.264. The van der Waals surface area contributed by atoms with Gasteiger partial charge in [0.25, 0.3) is 0 Å². The van der Waals surface area contributed by atoms with E-state index in [-0.39, 0.29) is 5.57 Å². The van der Waals surface area contributed by atoms with Crippen molar-refractivity contribution < 1.29 is 9.53 Å². The highest BCUT2D eigenvalue weighted by atomic mass is 32.1. The van der Waals surface area contributed by atoms with Gasteiger partial charge in [0, 0.05) is 0 Å². The number of hydrogen-bond acceptors (Lipinski definition) is 4. The van der Waals surface area contributed by atoms with Gasteiger partial charge in [0.1, 0.15) is 18.4 Å². The first-order valence-corrected chi connectivity index (χ1v) is 2.55. The first-order valence-electron chi connectivity index (χ1n) is 2.10. The van der Waals surface area contributed by atoms with Crippen molar-refractivity contribution in [2.75, 3.05) is 0 Å². The topological polar surface area (TPSA) is 73.9 Å². The van der Waals surface area contributed by atoms with Gasteiger partial charge in [-0.15, -0.1) is 0 Å². The third-order valence-electron chi connectivity index (χ3n) is 0.518. The lowest BCUT2D eigenvalue weighted by atomic mass is 10.4. The second kappa shape index (κ2) is 4.42. The fourth-order valence-corrected chi connectivity index (χ4v) is 0.240. The maximum absolute atomic E-state index is 9.96. The van der Waals surface area contributed by atoms with Crippen LogP contribution in [-0.4, -0.2) is 5.30 Å². The van der Waals surface area contributed by atoms with Gasteiger partial charge in [-0.05, 0) is 0 Å². The van der Waals surface area contributed by atoms with E-state index in [1.807, 2.05) is 0 Å². The number of thiol groups is 1. The largest absolute Gasteiger partial charge is 0.424 e. The number of carbonyl (C=O) groups is 1. The van der Waals surface area contributed by atoms with Gasteiger partial charge in [-0.2, -0.15) is 10.5 Å². The van der Waals surface area contributed by atoms with E-state index < -0.39 is 5.30 Å². The molecule has 0 aliphatic carbocycles. The molecule has 0 aromatic heterocycles. The van der Waals surface area contributed by atoms with Crippen LogP contribution in [0.25, 0.3) is 0 Å². The molecule has 0 atom stereocenters. The van der Waals surface area contributed by atoms with E-state index in [0.717, 1.165) is 6.26 Å². The summed E-state index contributed by atoms with van der Waals surface area (Å²) < 4.78 is 4.10. The van der Waals surface area contributed by atoms with Gasteiger partial charge in [0.15, 0.2) is 5.57 Å². The number of ether oxygens (including phenoxy) is 1. The highest BCUT2D eigenvalue weighted by Gasteiger charge is 1.93. The molecule has 0 spiro atoms. The monoisotopic (exact) mass is 154 g/mol. The molecule has 4 nitrogen and oxygen atoms in total. The van der Waals surface area contributed by atoms with Gasteiger partial charge in [-0.25, -0.2) is 4.79 Å². The van der Waals surface area contributed by atoms with Crippen molar-refractivity contribution in [3.8, 4) is 12.1 Å². The predicted octanol–water partition coefficient (Wildman–Crippen LogP) is 0.984. The summed E-state index contributed by atoms with van der Waals surface area (Å²) in [5, 5.41) is 15.3. The van der Waals surface area contributed by atoms with E-state index in [1.54, 1.807) is 0 Å². The highest BCUT2D eigenvalue weighted by Crippen LogP contribution is 1.92. The molecule has 0 unspecified atom stereocenters. The summed E-state index contributed by atoms with van der Waals surface area (Å²) >= 11 is 3.23. The molecule has 0 aliphatic rings. The summed E-state index contributed by atoms with van der Waals surface area (Å²) in [6.07, 6.45) is 0.745. The van der Waals surface area contributed by atoms with Gasteiger partial charge >= 0.3 is 5.30 Å². The smallest absolute Gasteiger partial charge is 0.369 e. The second-order valence-electron chi connectivity index (χ2n) is 1.14. The fourth-order valence-electron chi connectivity index (χ4n) is 0.187. The van der Waals surface area contributed by atoms with Gasteiger partial charge in [-0.3, -0.25) is 0 Å². The van der Waals surface area contributed by atoms with Crippen LogP contribution in [0.1, 0.15) is 0 Å². The molecule has 0 aliphatic heterocycles. The molecule has 0 saturated heterocycles. The van der Waals surface area contributed by atoms with Crippen molar-refractivity contribution in [1.82, 2.24) is 0 Å². The molecule has 0 bridgehead atoms. The Bertz CT molecular complexity index is 229. The molecule has 10 heavy (non-hydrogen) atoms. The van der Waals surface area contributed by atoms with E-state index in [1.165, 1.54) is 12.1 Å².